The second-order valence-corrected chi connectivity index (χ2v) is 8.85. The number of nitrogens with one attached hydrogen (secondary N) is 1. The van der Waals surface area contributed by atoms with Crippen LogP contribution in [0.3, 0.4) is 0 Å². The molecule has 1 amide bonds. The molecule has 0 aliphatic heterocycles. The van der Waals surface area contributed by atoms with Gasteiger partial charge in [0, 0.05) is 12.2 Å². The van der Waals surface area contributed by atoms with E-state index in [-0.39, 0.29) is 19.0 Å². The first kappa shape index (κ1) is 21.1. The summed E-state index contributed by atoms with van der Waals surface area (Å²) in [7, 11) is -3.51. The molecule has 0 aliphatic rings. The van der Waals surface area contributed by atoms with Crippen LogP contribution in [-0.2, 0) is 27.8 Å². The van der Waals surface area contributed by atoms with Crippen LogP contribution in [0.4, 0.5) is 5.69 Å². The average molecular weight is 389 g/mol. The Balaban J connectivity index is 2.00. The van der Waals surface area contributed by atoms with Gasteiger partial charge in [-0.15, -0.1) is 0 Å². The van der Waals surface area contributed by atoms with Crippen LogP contribution in [0.25, 0.3) is 0 Å². The first-order chi connectivity index (χ1) is 12.8. The third-order valence-electron chi connectivity index (χ3n) is 4.33. The van der Waals surface area contributed by atoms with Crippen LogP contribution >= 0.6 is 0 Å². The molecule has 1 N–H and O–H groups in total. The minimum Gasteiger partial charge on any atom is -0.325 e. The Morgan fingerprint density at radius 2 is 1.59 bits per heavy atom. The summed E-state index contributed by atoms with van der Waals surface area (Å²) in [6.07, 6.45) is 4.41. The number of unbranched alkanes of at least 4 members (excludes halogenated alkanes) is 1. The van der Waals surface area contributed by atoms with E-state index >= 15 is 0 Å². The van der Waals surface area contributed by atoms with Crippen molar-refractivity contribution in [1.82, 2.24) is 4.31 Å². The molecule has 2 aromatic rings. The molecule has 0 aromatic heterocycles. The number of hydrogen-bond acceptors (Lipinski definition) is 3. The summed E-state index contributed by atoms with van der Waals surface area (Å²) in [5, 5.41) is 2.78. The van der Waals surface area contributed by atoms with Gasteiger partial charge in [0.25, 0.3) is 0 Å². The van der Waals surface area contributed by atoms with Gasteiger partial charge >= 0.3 is 0 Å². The largest absolute Gasteiger partial charge is 0.325 e. The highest BCUT2D eigenvalue weighted by atomic mass is 32.2. The molecule has 6 heteroatoms. The van der Waals surface area contributed by atoms with Gasteiger partial charge in [-0.3, -0.25) is 4.79 Å². The van der Waals surface area contributed by atoms with Gasteiger partial charge in [0.15, 0.2) is 0 Å². The zero-order valence-corrected chi connectivity index (χ0v) is 17.1. The Kier molecular flexibility index (Phi) is 7.56. The van der Waals surface area contributed by atoms with E-state index in [2.05, 4.69) is 12.2 Å². The van der Waals surface area contributed by atoms with Crippen LogP contribution < -0.4 is 5.32 Å². The molecule has 0 spiro atoms. The number of carbonyl (C=O) groups excluding carboxylic acids is 1. The lowest BCUT2D eigenvalue weighted by molar-refractivity contribution is -0.116. The lowest BCUT2D eigenvalue weighted by Gasteiger charge is -2.19. The van der Waals surface area contributed by atoms with Gasteiger partial charge in [-0.2, -0.15) is 4.31 Å². The number of aryl methyl sites for hydroxylation is 2. The molecule has 0 fully saturated rings. The molecule has 0 radical (unpaired) electrons. The first-order valence-electron chi connectivity index (χ1n) is 9.17. The molecule has 0 heterocycles. The number of sulfonamides is 1. The van der Waals surface area contributed by atoms with Crippen LogP contribution in [0.1, 0.15) is 36.5 Å². The minimum absolute atomic E-state index is 0.169. The molecular weight excluding hydrogens is 360 g/mol. The first-order valence-corrected chi connectivity index (χ1v) is 11.0. The van der Waals surface area contributed by atoms with E-state index in [9.17, 15) is 13.2 Å². The zero-order chi connectivity index (χ0) is 19.9. The smallest absolute Gasteiger partial charge is 0.239 e. The van der Waals surface area contributed by atoms with Crippen molar-refractivity contribution < 1.29 is 13.2 Å². The quantitative estimate of drug-likeness (QED) is 0.712. The highest BCUT2D eigenvalue weighted by Gasteiger charge is 2.20. The summed E-state index contributed by atoms with van der Waals surface area (Å²) in [6.45, 7) is 4.07. The number of nitrogens with zero attached hydrogens (tertiary/aromatic N) is 1. The third kappa shape index (κ3) is 7.15. The topological polar surface area (TPSA) is 66.5 Å². The van der Waals surface area contributed by atoms with Crippen LogP contribution in [0, 0.1) is 6.92 Å². The Hall–Kier alpha value is -2.18. The van der Waals surface area contributed by atoms with Crippen molar-refractivity contribution in [2.24, 2.45) is 0 Å². The number of amides is 1. The lowest BCUT2D eigenvalue weighted by Crippen LogP contribution is -2.36. The fraction of sp³-hybridized carbons (Fsp3) is 0.381. The Bertz CT molecular complexity index is 844. The van der Waals surface area contributed by atoms with E-state index in [0.29, 0.717) is 5.69 Å². The van der Waals surface area contributed by atoms with Gasteiger partial charge in [-0.05, 0) is 43.0 Å². The molecule has 2 rings (SSSR count). The second-order valence-electron chi connectivity index (χ2n) is 6.87. The number of carbonyl (C=O) groups is 1. The van der Waals surface area contributed by atoms with Crippen LogP contribution in [0.5, 0.6) is 0 Å². The fourth-order valence-electron chi connectivity index (χ4n) is 2.68. The normalized spacial score (nSPS) is 11.6. The van der Waals surface area contributed by atoms with Crippen molar-refractivity contribution in [3.05, 3.63) is 65.2 Å². The number of rotatable bonds is 9. The second kappa shape index (κ2) is 9.67. The number of anilines is 1. The molecule has 0 unspecified atom stereocenters. The fourth-order valence-corrected chi connectivity index (χ4v) is 3.42. The molecule has 5 nitrogen and oxygen atoms in total. The third-order valence-corrected chi connectivity index (χ3v) is 5.52. The van der Waals surface area contributed by atoms with Crippen molar-refractivity contribution in [3.8, 4) is 0 Å². The molecule has 146 valence electrons. The summed E-state index contributed by atoms with van der Waals surface area (Å²) in [5.74, 6) is -0.353. The van der Waals surface area contributed by atoms with Gasteiger partial charge in [0.1, 0.15) is 0 Å². The van der Waals surface area contributed by atoms with Gasteiger partial charge in [0.2, 0.25) is 15.9 Å². The van der Waals surface area contributed by atoms with Gasteiger partial charge < -0.3 is 5.32 Å². The molecule has 0 bridgehead atoms. The molecule has 0 saturated carbocycles. The van der Waals surface area contributed by atoms with E-state index in [1.54, 1.807) is 0 Å². The van der Waals surface area contributed by atoms with E-state index in [1.807, 2.05) is 55.5 Å². The summed E-state index contributed by atoms with van der Waals surface area (Å²) in [4.78, 5) is 12.4. The molecular formula is C21H28N2O3S. The zero-order valence-electron chi connectivity index (χ0n) is 16.2. The van der Waals surface area contributed by atoms with E-state index in [0.717, 1.165) is 36.6 Å². The molecule has 27 heavy (non-hydrogen) atoms. The molecule has 2 aromatic carbocycles. The van der Waals surface area contributed by atoms with Crippen molar-refractivity contribution in [2.45, 2.75) is 39.7 Å². The molecule has 0 saturated heterocycles. The monoisotopic (exact) mass is 388 g/mol. The lowest BCUT2D eigenvalue weighted by atomic mass is 10.1. The summed E-state index contributed by atoms with van der Waals surface area (Å²) >= 11 is 0. The standard InChI is InChI=1S/C21H28N2O3S/c1-4-5-6-18-11-13-20(14-12-18)22-21(24)16-23(27(3,25)26)15-19-9-7-17(2)8-10-19/h7-14H,4-6,15-16H2,1-3H3,(H,22,24). The van der Waals surface area contributed by atoms with Crippen molar-refractivity contribution in [3.63, 3.8) is 0 Å². The van der Waals surface area contributed by atoms with Crippen molar-refractivity contribution in [2.75, 3.05) is 18.1 Å². The van der Waals surface area contributed by atoms with Crippen molar-refractivity contribution in [1.29, 1.82) is 0 Å². The predicted molar refractivity (Wildman–Crippen MR) is 110 cm³/mol. The molecule has 0 atom stereocenters. The SMILES string of the molecule is CCCCc1ccc(NC(=O)CN(Cc2ccc(C)cc2)S(C)(=O)=O)cc1. The number of hydrogen-bond donors (Lipinski definition) is 1. The van der Waals surface area contributed by atoms with E-state index < -0.39 is 10.0 Å². The highest BCUT2D eigenvalue weighted by molar-refractivity contribution is 7.88. The van der Waals surface area contributed by atoms with Crippen molar-refractivity contribution >= 4 is 21.6 Å². The van der Waals surface area contributed by atoms with Gasteiger partial charge in [-0.1, -0.05) is 55.3 Å². The van der Waals surface area contributed by atoms with Crippen LogP contribution in [0.2, 0.25) is 0 Å². The summed E-state index contributed by atoms with van der Waals surface area (Å²) in [6, 6.07) is 15.3. The maximum absolute atomic E-state index is 12.4. The Morgan fingerprint density at radius 1 is 1.00 bits per heavy atom. The predicted octanol–water partition coefficient (Wildman–Crippen LogP) is 3.74. The molecule has 0 aliphatic carbocycles. The summed E-state index contributed by atoms with van der Waals surface area (Å²) < 4.78 is 25.3. The highest BCUT2D eigenvalue weighted by Crippen LogP contribution is 2.13. The maximum atomic E-state index is 12.4. The Morgan fingerprint density at radius 3 is 2.15 bits per heavy atom. The van der Waals surface area contributed by atoms with E-state index in [4.69, 9.17) is 0 Å². The number of benzene rings is 2. The van der Waals surface area contributed by atoms with Gasteiger partial charge in [0.05, 0.1) is 12.8 Å². The minimum atomic E-state index is -3.51. The Labute approximate surface area is 162 Å². The maximum Gasteiger partial charge on any atom is 0.239 e. The summed E-state index contributed by atoms with van der Waals surface area (Å²) in [5.41, 5.74) is 3.85. The van der Waals surface area contributed by atoms with E-state index in [1.165, 1.54) is 9.87 Å². The average Bonchev–Trinajstić information content (AvgIpc) is 2.61. The van der Waals surface area contributed by atoms with Crippen LogP contribution in [0.15, 0.2) is 48.5 Å². The van der Waals surface area contributed by atoms with Gasteiger partial charge in [-0.25, -0.2) is 8.42 Å². The van der Waals surface area contributed by atoms with Crippen LogP contribution in [-0.4, -0.2) is 31.4 Å².